The Hall–Kier alpha value is 0.210. The molecule has 1 N–H and O–H groups in total. The molecule has 0 radical (unpaired) electrons. The summed E-state index contributed by atoms with van der Waals surface area (Å²) in [6.07, 6.45) is 1.20. The van der Waals surface area contributed by atoms with Gasteiger partial charge in [0.1, 0.15) is 5.50 Å². The molecular formula is C9H19ClN2. The van der Waals surface area contributed by atoms with E-state index in [1.165, 1.54) is 6.42 Å². The molecule has 1 aliphatic heterocycles. The van der Waals surface area contributed by atoms with Crippen LogP contribution in [0, 0.1) is 11.8 Å². The van der Waals surface area contributed by atoms with Gasteiger partial charge in [-0.3, -0.25) is 5.43 Å². The van der Waals surface area contributed by atoms with Gasteiger partial charge < -0.3 is 0 Å². The number of hydrogen-bond donors (Lipinski definition) is 1. The van der Waals surface area contributed by atoms with E-state index in [9.17, 15) is 0 Å². The minimum absolute atomic E-state index is 0.155. The predicted molar refractivity (Wildman–Crippen MR) is 52.9 cm³/mol. The SMILES string of the molecule is CC(C)CC1C(C)NN(C)C1Cl. The van der Waals surface area contributed by atoms with E-state index >= 15 is 0 Å². The van der Waals surface area contributed by atoms with Crippen LogP contribution in [-0.2, 0) is 0 Å². The maximum atomic E-state index is 6.23. The molecule has 0 bridgehead atoms. The fraction of sp³-hybridized carbons (Fsp3) is 1.00. The molecule has 0 spiro atoms. The smallest absolute Gasteiger partial charge is 0.102 e. The van der Waals surface area contributed by atoms with E-state index in [2.05, 4.69) is 26.2 Å². The van der Waals surface area contributed by atoms with Gasteiger partial charge in [-0.1, -0.05) is 13.8 Å². The minimum Gasteiger partial charge on any atom is -0.251 e. The van der Waals surface area contributed by atoms with Gasteiger partial charge in [0.2, 0.25) is 0 Å². The van der Waals surface area contributed by atoms with Crippen molar-refractivity contribution in [1.82, 2.24) is 10.4 Å². The first-order chi connectivity index (χ1) is 5.52. The van der Waals surface area contributed by atoms with Crippen LogP contribution in [0.2, 0.25) is 0 Å². The van der Waals surface area contributed by atoms with Crippen LogP contribution in [0.15, 0.2) is 0 Å². The molecule has 2 nitrogen and oxygen atoms in total. The summed E-state index contributed by atoms with van der Waals surface area (Å²) in [5.41, 5.74) is 3.48. The Kier molecular flexibility index (Phi) is 3.38. The third-order valence-electron chi connectivity index (χ3n) is 2.52. The Morgan fingerprint density at radius 1 is 1.50 bits per heavy atom. The summed E-state index contributed by atoms with van der Waals surface area (Å²) < 4.78 is 0. The van der Waals surface area contributed by atoms with Gasteiger partial charge in [0.05, 0.1) is 0 Å². The number of halogens is 1. The van der Waals surface area contributed by atoms with Crippen LogP contribution < -0.4 is 5.43 Å². The van der Waals surface area contributed by atoms with Crippen LogP contribution >= 0.6 is 11.6 Å². The lowest BCUT2D eigenvalue weighted by Crippen LogP contribution is -2.32. The quantitative estimate of drug-likeness (QED) is 0.530. The van der Waals surface area contributed by atoms with Gasteiger partial charge in [0.15, 0.2) is 0 Å². The van der Waals surface area contributed by atoms with Crippen molar-refractivity contribution in [2.24, 2.45) is 11.8 Å². The van der Waals surface area contributed by atoms with E-state index < -0.39 is 0 Å². The molecule has 12 heavy (non-hydrogen) atoms. The average molecular weight is 191 g/mol. The van der Waals surface area contributed by atoms with Crippen LogP contribution in [0.3, 0.4) is 0 Å². The lowest BCUT2D eigenvalue weighted by atomic mass is 9.92. The number of rotatable bonds is 2. The van der Waals surface area contributed by atoms with Gasteiger partial charge in [0, 0.05) is 19.0 Å². The Morgan fingerprint density at radius 3 is 2.42 bits per heavy atom. The second-order valence-electron chi connectivity index (χ2n) is 4.19. The van der Waals surface area contributed by atoms with Gasteiger partial charge in [-0.2, -0.15) is 0 Å². The van der Waals surface area contributed by atoms with Gasteiger partial charge in [-0.15, -0.1) is 11.6 Å². The van der Waals surface area contributed by atoms with E-state index in [0.29, 0.717) is 12.0 Å². The zero-order valence-electron chi connectivity index (χ0n) is 8.34. The van der Waals surface area contributed by atoms with Crippen molar-refractivity contribution in [3.8, 4) is 0 Å². The number of hydrazine groups is 1. The fourth-order valence-electron chi connectivity index (χ4n) is 1.87. The van der Waals surface area contributed by atoms with Crippen molar-refractivity contribution in [3.05, 3.63) is 0 Å². The lowest BCUT2D eigenvalue weighted by Gasteiger charge is -2.19. The van der Waals surface area contributed by atoms with Crippen molar-refractivity contribution in [2.45, 2.75) is 38.7 Å². The summed E-state index contributed by atoms with van der Waals surface area (Å²) >= 11 is 6.23. The van der Waals surface area contributed by atoms with E-state index in [1.807, 2.05) is 12.1 Å². The van der Waals surface area contributed by atoms with Gasteiger partial charge in [-0.25, -0.2) is 5.01 Å². The summed E-state index contributed by atoms with van der Waals surface area (Å²) in [7, 11) is 2.01. The van der Waals surface area contributed by atoms with Crippen LogP contribution in [0.1, 0.15) is 27.2 Å². The highest BCUT2D eigenvalue weighted by Gasteiger charge is 2.35. The molecule has 0 aromatic heterocycles. The maximum absolute atomic E-state index is 6.23. The van der Waals surface area contributed by atoms with Gasteiger partial charge >= 0.3 is 0 Å². The van der Waals surface area contributed by atoms with Crippen LogP contribution in [-0.4, -0.2) is 23.6 Å². The molecule has 3 atom stereocenters. The summed E-state index contributed by atoms with van der Waals surface area (Å²) in [4.78, 5) is 0. The Morgan fingerprint density at radius 2 is 2.08 bits per heavy atom. The molecule has 3 heteroatoms. The first-order valence-corrected chi connectivity index (χ1v) is 5.09. The van der Waals surface area contributed by atoms with E-state index in [0.717, 1.165) is 5.92 Å². The molecule has 0 amide bonds. The molecule has 1 rings (SSSR count). The molecule has 1 heterocycles. The molecule has 1 fully saturated rings. The molecule has 0 aliphatic carbocycles. The van der Waals surface area contributed by atoms with Crippen LogP contribution in [0.4, 0.5) is 0 Å². The molecular weight excluding hydrogens is 172 g/mol. The first kappa shape index (κ1) is 10.3. The van der Waals surface area contributed by atoms with E-state index in [4.69, 9.17) is 11.6 Å². The van der Waals surface area contributed by atoms with Crippen LogP contribution in [0.25, 0.3) is 0 Å². The number of nitrogens with zero attached hydrogens (tertiary/aromatic N) is 1. The number of hydrogen-bond acceptors (Lipinski definition) is 2. The third kappa shape index (κ3) is 2.12. The zero-order valence-corrected chi connectivity index (χ0v) is 9.10. The molecule has 1 aliphatic rings. The predicted octanol–water partition coefficient (Wildman–Crippen LogP) is 2.05. The maximum Gasteiger partial charge on any atom is 0.102 e. The molecule has 1 saturated heterocycles. The summed E-state index contributed by atoms with van der Waals surface area (Å²) in [6.45, 7) is 6.69. The fourth-order valence-corrected chi connectivity index (χ4v) is 2.25. The minimum atomic E-state index is 0.155. The second kappa shape index (κ2) is 3.95. The monoisotopic (exact) mass is 190 g/mol. The van der Waals surface area contributed by atoms with Crippen molar-refractivity contribution >= 4 is 11.6 Å². The molecule has 0 saturated carbocycles. The lowest BCUT2D eigenvalue weighted by molar-refractivity contribution is 0.269. The summed E-state index contributed by atoms with van der Waals surface area (Å²) in [6, 6.07) is 0.514. The zero-order chi connectivity index (χ0) is 9.30. The summed E-state index contributed by atoms with van der Waals surface area (Å²) in [5.74, 6) is 1.31. The highest BCUT2D eigenvalue weighted by molar-refractivity contribution is 6.20. The van der Waals surface area contributed by atoms with Crippen molar-refractivity contribution in [2.75, 3.05) is 7.05 Å². The van der Waals surface area contributed by atoms with E-state index in [1.54, 1.807) is 0 Å². The van der Waals surface area contributed by atoms with Gasteiger partial charge in [-0.05, 0) is 19.3 Å². The standard InChI is InChI=1S/C9H19ClN2/c1-6(2)5-8-7(3)11-12(4)9(8)10/h6-9,11H,5H2,1-4H3. The Balaban J connectivity index is 2.51. The number of nitrogens with one attached hydrogen (secondary N) is 1. The normalized spacial score (nSPS) is 38.0. The molecule has 0 aromatic carbocycles. The average Bonchev–Trinajstić information content (AvgIpc) is 2.16. The molecule has 0 aromatic rings. The van der Waals surface area contributed by atoms with Crippen molar-refractivity contribution in [3.63, 3.8) is 0 Å². The second-order valence-corrected chi connectivity index (χ2v) is 4.64. The molecule has 72 valence electrons. The van der Waals surface area contributed by atoms with Gasteiger partial charge in [0.25, 0.3) is 0 Å². The first-order valence-electron chi connectivity index (χ1n) is 4.65. The third-order valence-corrected chi connectivity index (χ3v) is 3.13. The Bertz CT molecular complexity index is 149. The Labute approximate surface area is 80.2 Å². The number of alkyl halides is 1. The highest BCUT2D eigenvalue weighted by atomic mass is 35.5. The highest BCUT2D eigenvalue weighted by Crippen LogP contribution is 2.29. The van der Waals surface area contributed by atoms with Crippen LogP contribution in [0.5, 0.6) is 0 Å². The van der Waals surface area contributed by atoms with E-state index in [-0.39, 0.29) is 5.50 Å². The topological polar surface area (TPSA) is 15.3 Å². The van der Waals surface area contributed by atoms with Crippen molar-refractivity contribution in [1.29, 1.82) is 0 Å². The largest absolute Gasteiger partial charge is 0.251 e. The molecule has 3 unspecified atom stereocenters. The summed E-state index contributed by atoms with van der Waals surface area (Å²) in [5, 5.41) is 2.01. The van der Waals surface area contributed by atoms with Crippen molar-refractivity contribution < 1.29 is 0 Å².